The summed E-state index contributed by atoms with van der Waals surface area (Å²) in [6.45, 7) is 2.98. The van der Waals surface area contributed by atoms with Crippen LogP contribution in [0.5, 0.6) is 0 Å². The van der Waals surface area contributed by atoms with Crippen LogP contribution in [0.4, 0.5) is 5.82 Å². The maximum atomic E-state index is 12.8. The van der Waals surface area contributed by atoms with Gasteiger partial charge in [-0.15, -0.1) is 0 Å². The highest BCUT2D eigenvalue weighted by molar-refractivity contribution is 7.99. The largest absolute Gasteiger partial charge is 0.305 e. The Morgan fingerprint density at radius 2 is 1.87 bits per heavy atom. The fraction of sp³-hybridized carbons (Fsp3) is 0.375. The zero-order valence-corrected chi connectivity index (χ0v) is 19.3. The molecule has 1 amide bonds. The minimum atomic E-state index is -0.163. The molecule has 4 rings (SSSR count). The summed E-state index contributed by atoms with van der Waals surface area (Å²) in [5, 5.41) is 2.93. The second-order valence-corrected chi connectivity index (χ2v) is 9.62. The van der Waals surface area contributed by atoms with Gasteiger partial charge in [-0.2, -0.15) is 11.8 Å². The van der Waals surface area contributed by atoms with Crippen LogP contribution in [-0.4, -0.2) is 53.7 Å². The predicted octanol–water partition coefficient (Wildman–Crippen LogP) is 3.66. The molecule has 0 saturated carbocycles. The summed E-state index contributed by atoms with van der Waals surface area (Å²) < 4.78 is 0. The smallest absolute Gasteiger partial charge is 0.256 e. The van der Waals surface area contributed by atoms with Gasteiger partial charge in [0.1, 0.15) is 0 Å². The molecule has 0 atom stereocenters. The Kier molecular flexibility index (Phi) is 6.93. The van der Waals surface area contributed by atoms with Gasteiger partial charge < -0.3 is 10.2 Å². The van der Waals surface area contributed by atoms with E-state index in [1.165, 1.54) is 40.9 Å². The molecule has 3 aromatic rings. The SMILES string of the molecule is CBc1ccc(C2CCSCC2)c2ncc(NC(=O)c3ccc(CN(C)C)cc3)nc12. The van der Waals surface area contributed by atoms with Crippen LogP contribution in [0.1, 0.15) is 40.2 Å². The quantitative estimate of drug-likeness (QED) is 0.603. The summed E-state index contributed by atoms with van der Waals surface area (Å²) in [6.07, 6.45) is 4.08. The van der Waals surface area contributed by atoms with Crippen molar-refractivity contribution in [2.75, 3.05) is 30.9 Å². The molecular weight excluding hydrogens is 403 g/mol. The molecule has 1 saturated heterocycles. The first-order valence-electron chi connectivity index (χ1n) is 11.0. The Labute approximate surface area is 189 Å². The maximum Gasteiger partial charge on any atom is 0.256 e. The average molecular weight is 432 g/mol. The van der Waals surface area contributed by atoms with Crippen LogP contribution in [0.15, 0.2) is 42.6 Å². The van der Waals surface area contributed by atoms with Gasteiger partial charge in [-0.3, -0.25) is 9.78 Å². The lowest BCUT2D eigenvalue weighted by molar-refractivity contribution is 0.102. The zero-order chi connectivity index (χ0) is 21.8. The topological polar surface area (TPSA) is 58.1 Å². The van der Waals surface area contributed by atoms with E-state index in [-0.39, 0.29) is 5.91 Å². The van der Waals surface area contributed by atoms with E-state index in [0.29, 0.717) is 17.3 Å². The van der Waals surface area contributed by atoms with Crippen LogP contribution in [0.2, 0.25) is 6.82 Å². The molecule has 2 aromatic carbocycles. The zero-order valence-electron chi connectivity index (χ0n) is 18.5. The van der Waals surface area contributed by atoms with Gasteiger partial charge in [0, 0.05) is 12.1 Å². The molecule has 5 nitrogen and oxygen atoms in total. The highest BCUT2D eigenvalue weighted by Gasteiger charge is 2.20. The van der Waals surface area contributed by atoms with Crippen LogP contribution in [-0.2, 0) is 6.54 Å². The summed E-state index contributed by atoms with van der Waals surface area (Å²) in [5.41, 5.74) is 6.16. The van der Waals surface area contributed by atoms with Gasteiger partial charge in [-0.1, -0.05) is 36.6 Å². The van der Waals surface area contributed by atoms with E-state index in [0.717, 1.165) is 24.9 Å². The molecule has 0 spiro atoms. The van der Waals surface area contributed by atoms with Crippen LogP contribution in [0.3, 0.4) is 0 Å². The first kappa shape index (κ1) is 21.8. The number of hydrogen-bond acceptors (Lipinski definition) is 5. The Balaban J connectivity index is 1.59. The number of rotatable bonds is 6. The van der Waals surface area contributed by atoms with Gasteiger partial charge in [0.25, 0.3) is 5.91 Å². The number of hydrogen-bond donors (Lipinski definition) is 1. The van der Waals surface area contributed by atoms with Crippen molar-refractivity contribution in [1.82, 2.24) is 14.9 Å². The van der Waals surface area contributed by atoms with E-state index < -0.39 is 0 Å². The number of amides is 1. The Morgan fingerprint density at radius 3 is 2.55 bits per heavy atom. The fourth-order valence-electron chi connectivity index (χ4n) is 4.17. The van der Waals surface area contributed by atoms with Crippen molar-refractivity contribution in [2.24, 2.45) is 0 Å². The lowest BCUT2D eigenvalue weighted by Gasteiger charge is -2.23. The van der Waals surface area contributed by atoms with Crippen molar-refractivity contribution in [3.05, 3.63) is 59.3 Å². The van der Waals surface area contributed by atoms with Gasteiger partial charge in [0.05, 0.1) is 17.2 Å². The summed E-state index contributed by atoms with van der Waals surface area (Å²) in [5.74, 6) is 3.29. The number of thioether (sulfide) groups is 1. The normalized spacial score (nSPS) is 14.7. The lowest BCUT2D eigenvalue weighted by Crippen LogP contribution is -2.19. The van der Waals surface area contributed by atoms with Crippen molar-refractivity contribution < 1.29 is 4.79 Å². The average Bonchev–Trinajstić information content (AvgIpc) is 2.79. The van der Waals surface area contributed by atoms with Crippen LogP contribution in [0, 0.1) is 0 Å². The summed E-state index contributed by atoms with van der Waals surface area (Å²) in [7, 11) is 4.95. The maximum absolute atomic E-state index is 12.8. The van der Waals surface area contributed by atoms with Crippen LogP contribution in [0.25, 0.3) is 11.0 Å². The van der Waals surface area contributed by atoms with Crippen molar-refractivity contribution in [2.45, 2.75) is 32.1 Å². The minimum Gasteiger partial charge on any atom is -0.305 e. The molecule has 2 heterocycles. The van der Waals surface area contributed by atoms with Gasteiger partial charge in [0.2, 0.25) is 0 Å². The van der Waals surface area contributed by atoms with Crippen molar-refractivity contribution in [3.63, 3.8) is 0 Å². The molecule has 0 aliphatic carbocycles. The number of fused-ring (bicyclic) bond motifs is 1. The van der Waals surface area contributed by atoms with Crippen molar-refractivity contribution >= 4 is 47.3 Å². The number of carbonyl (C=O) groups is 1. The monoisotopic (exact) mass is 432 g/mol. The number of nitrogens with one attached hydrogen (secondary N) is 1. The standard InChI is InChI=1S/C24H29BN4OS/c1-25-20-9-8-19(17-10-12-31-13-11-17)22-23(20)27-21(14-26-22)28-24(30)18-6-4-16(5-7-18)15-29(2)3/h4-9,14,17,25H,10-13,15H2,1-3H3,(H,27,28,30). The van der Waals surface area contributed by atoms with Gasteiger partial charge >= 0.3 is 0 Å². The third-order valence-electron chi connectivity index (χ3n) is 5.81. The molecule has 1 fully saturated rings. The Morgan fingerprint density at radius 1 is 1.13 bits per heavy atom. The number of benzene rings is 2. The molecule has 0 radical (unpaired) electrons. The second kappa shape index (κ2) is 9.83. The molecule has 1 aliphatic heterocycles. The first-order chi connectivity index (χ1) is 15.0. The summed E-state index contributed by atoms with van der Waals surface area (Å²) in [6, 6.07) is 12.1. The van der Waals surface area contributed by atoms with Crippen molar-refractivity contribution in [1.29, 1.82) is 0 Å². The first-order valence-corrected chi connectivity index (χ1v) is 12.1. The Hall–Kier alpha value is -2.38. The molecule has 31 heavy (non-hydrogen) atoms. The van der Waals surface area contributed by atoms with Gasteiger partial charge in [0.15, 0.2) is 13.1 Å². The number of nitrogens with zero attached hydrogens (tertiary/aromatic N) is 3. The van der Waals surface area contributed by atoms with Crippen LogP contribution < -0.4 is 10.8 Å². The number of anilines is 1. The highest BCUT2D eigenvalue weighted by Crippen LogP contribution is 2.34. The molecule has 0 unspecified atom stereocenters. The molecule has 1 aromatic heterocycles. The molecule has 7 heteroatoms. The van der Waals surface area contributed by atoms with E-state index in [1.807, 2.05) is 50.1 Å². The van der Waals surface area contributed by atoms with Crippen molar-refractivity contribution in [3.8, 4) is 0 Å². The number of aromatic nitrogens is 2. The Bertz CT molecular complexity index is 1070. The predicted molar refractivity (Wildman–Crippen MR) is 133 cm³/mol. The minimum absolute atomic E-state index is 0.163. The van der Waals surface area contributed by atoms with E-state index >= 15 is 0 Å². The molecule has 1 N–H and O–H groups in total. The molecular formula is C24H29BN4OS. The lowest BCUT2D eigenvalue weighted by atomic mass is 9.71. The van der Waals surface area contributed by atoms with Gasteiger partial charge in [-0.25, -0.2) is 4.98 Å². The third kappa shape index (κ3) is 5.10. The fourth-order valence-corrected chi connectivity index (χ4v) is 5.28. The summed E-state index contributed by atoms with van der Waals surface area (Å²) >= 11 is 2.03. The van der Waals surface area contributed by atoms with E-state index in [4.69, 9.17) is 9.97 Å². The number of carbonyl (C=O) groups excluding carboxylic acids is 1. The van der Waals surface area contributed by atoms with E-state index in [2.05, 4.69) is 29.2 Å². The molecule has 160 valence electrons. The van der Waals surface area contributed by atoms with E-state index in [1.54, 1.807) is 6.20 Å². The summed E-state index contributed by atoms with van der Waals surface area (Å²) in [4.78, 5) is 24.4. The second-order valence-electron chi connectivity index (χ2n) is 8.40. The molecule has 0 bridgehead atoms. The van der Waals surface area contributed by atoms with Crippen LogP contribution >= 0.6 is 11.8 Å². The molecule has 1 aliphatic rings. The van der Waals surface area contributed by atoms with Gasteiger partial charge in [-0.05, 0) is 67.6 Å². The van der Waals surface area contributed by atoms with E-state index in [9.17, 15) is 4.79 Å². The third-order valence-corrected chi connectivity index (χ3v) is 6.86. The highest BCUT2D eigenvalue weighted by atomic mass is 32.2.